The molecule has 1 N–H and O–H groups in total. The minimum Gasteiger partial charge on any atom is -0.331 e. The average Bonchev–Trinajstić information content (AvgIpc) is 2.41. The van der Waals surface area contributed by atoms with Gasteiger partial charge in [0.05, 0.1) is 16.6 Å². The average molecular weight is 232 g/mol. The second-order valence-corrected chi connectivity index (χ2v) is 3.61. The zero-order chi connectivity index (χ0) is 11.2. The summed E-state index contributed by atoms with van der Waals surface area (Å²) >= 11 is 4.92. The zero-order valence-corrected chi connectivity index (χ0v) is 8.54. The maximum Gasteiger partial charge on any atom is 0.416 e. The molecule has 6 heteroatoms. The summed E-state index contributed by atoms with van der Waals surface area (Å²) in [6.45, 7) is 0. The van der Waals surface area contributed by atoms with Gasteiger partial charge in [0.15, 0.2) is 4.77 Å². The number of H-pyrrole nitrogens is 1. The van der Waals surface area contributed by atoms with Crippen molar-refractivity contribution >= 4 is 23.3 Å². The monoisotopic (exact) mass is 232 g/mol. The third-order valence-electron chi connectivity index (χ3n) is 2.23. The van der Waals surface area contributed by atoms with E-state index in [0.29, 0.717) is 15.8 Å². The lowest BCUT2D eigenvalue weighted by Crippen LogP contribution is -2.04. The van der Waals surface area contributed by atoms with Crippen molar-refractivity contribution in [1.29, 1.82) is 0 Å². The number of benzene rings is 1. The van der Waals surface area contributed by atoms with Gasteiger partial charge in [-0.05, 0) is 30.4 Å². The zero-order valence-electron chi connectivity index (χ0n) is 7.72. The van der Waals surface area contributed by atoms with Crippen molar-refractivity contribution in [2.24, 2.45) is 7.05 Å². The molecule has 2 rings (SSSR count). The van der Waals surface area contributed by atoms with Gasteiger partial charge in [-0.1, -0.05) is 0 Å². The van der Waals surface area contributed by atoms with E-state index in [1.165, 1.54) is 6.07 Å². The topological polar surface area (TPSA) is 20.7 Å². The molecule has 0 aliphatic rings. The summed E-state index contributed by atoms with van der Waals surface area (Å²) in [6.07, 6.45) is -4.32. The summed E-state index contributed by atoms with van der Waals surface area (Å²) in [6, 6.07) is 3.51. The molecular weight excluding hydrogens is 225 g/mol. The predicted octanol–water partition coefficient (Wildman–Crippen LogP) is 3.25. The number of alkyl halides is 3. The van der Waals surface area contributed by atoms with E-state index < -0.39 is 11.7 Å². The minimum atomic E-state index is -4.32. The highest BCUT2D eigenvalue weighted by Crippen LogP contribution is 2.30. The Balaban J connectivity index is 2.73. The highest BCUT2D eigenvalue weighted by Gasteiger charge is 2.30. The van der Waals surface area contributed by atoms with Crippen LogP contribution in [0, 0.1) is 4.77 Å². The van der Waals surface area contributed by atoms with E-state index in [1.807, 2.05) is 0 Å². The normalized spacial score (nSPS) is 12.3. The molecule has 0 aliphatic carbocycles. The Morgan fingerprint density at radius 3 is 2.60 bits per heavy atom. The second kappa shape index (κ2) is 3.10. The molecule has 15 heavy (non-hydrogen) atoms. The Labute approximate surface area is 88.3 Å². The van der Waals surface area contributed by atoms with Crippen LogP contribution in [-0.4, -0.2) is 9.55 Å². The van der Waals surface area contributed by atoms with E-state index >= 15 is 0 Å². The molecule has 0 amide bonds. The number of fused-ring (bicyclic) bond motifs is 1. The number of aryl methyl sites for hydroxylation is 1. The van der Waals surface area contributed by atoms with E-state index in [-0.39, 0.29) is 0 Å². The number of halogens is 3. The minimum absolute atomic E-state index is 0.400. The van der Waals surface area contributed by atoms with Crippen molar-refractivity contribution in [3.63, 3.8) is 0 Å². The Morgan fingerprint density at radius 2 is 2.00 bits per heavy atom. The van der Waals surface area contributed by atoms with Gasteiger partial charge in [-0.15, -0.1) is 0 Å². The molecular formula is C9H7F3N2S. The van der Waals surface area contributed by atoms with Crippen molar-refractivity contribution < 1.29 is 13.2 Å². The fourth-order valence-electron chi connectivity index (χ4n) is 1.41. The third-order valence-corrected chi connectivity index (χ3v) is 2.61. The number of imidazole rings is 1. The van der Waals surface area contributed by atoms with Gasteiger partial charge in [0.25, 0.3) is 0 Å². The molecule has 0 fully saturated rings. The van der Waals surface area contributed by atoms with Crippen LogP contribution in [0.3, 0.4) is 0 Å². The summed E-state index contributed by atoms with van der Waals surface area (Å²) in [5.41, 5.74) is 0.386. The van der Waals surface area contributed by atoms with Gasteiger partial charge >= 0.3 is 6.18 Å². The standard InChI is InChI=1S/C9H7F3N2S/c1-14-7-3-2-5(9(10,11)12)4-6(7)13-8(14)15/h2-4H,1H3,(H,13,15). The molecule has 0 aliphatic heterocycles. The van der Waals surface area contributed by atoms with Crippen molar-refractivity contribution in [3.05, 3.63) is 28.5 Å². The Hall–Kier alpha value is -1.30. The third kappa shape index (κ3) is 1.65. The molecule has 0 saturated heterocycles. The van der Waals surface area contributed by atoms with Crippen LogP contribution >= 0.6 is 12.2 Å². The van der Waals surface area contributed by atoms with E-state index in [2.05, 4.69) is 4.98 Å². The second-order valence-electron chi connectivity index (χ2n) is 3.22. The maximum absolute atomic E-state index is 12.4. The molecule has 2 aromatic rings. The highest BCUT2D eigenvalue weighted by atomic mass is 32.1. The molecule has 0 unspecified atom stereocenters. The van der Waals surface area contributed by atoms with Crippen molar-refractivity contribution in [2.45, 2.75) is 6.18 Å². The lowest BCUT2D eigenvalue weighted by molar-refractivity contribution is -0.137. The summed E-state index contributed by atoms with van der Waals surface area (Å²) in [5, 5.41) is 0. The van der Waals surface area contributed by atoms with Crippen molar-refractivity contribution in [3.8, 4) is 0 Å². The van der Waals surface area contributed by atoms with E-state index in [0.717, 1.165) is 12.1 Å². The fraction of sp³-hybridized carbons (Fsp3) is 0.222. The summed E-state index contributed by atoms with van der Waals surface area (Å²) in [7, 11) is 1.70. The van der Waals surface area contributed by atoms with Crippen molar-refractivity contribution in [2.75, 3.05) is 0 Å². The van der Waals surface area contributed by atoms with Crippen molar-refractivity contribution in [1.82, 2.24) is 9.55 Å². The fourth-order valence-corrected chi connectivity index (χ4v) is 1.62. The van der Waals surface area contributed by atoms with Crippen LogP contribution in [0.15, 0.2) is 18.2 Å². The Bertz CT molecular complexity index is 565. The Morgan fingerprint density at radius 1 is 1.33 bits per heavy atom. The van der Waals surface area contributed by atoms with Gasteiger partial charge in [-0.25, -0.2) is 0 Å². The number of rotatable bonds is 0. The number of aromatic nitrogens is 2. The predicted molar refractivity (Wildman–Crippen MR) is 53.1 cm³/mol. The highest BCUT2D eigenvalue weighted by molar-refractivity contribution is 7.71. The van der Waals surface area contributed by atoms with Crippen LogP contribution in [0.5, 0.6) is 0 Å². The largest absolute Gasteiger partial charge is 0.416 e. The first-order valence-corrected chi connectivity index (χ1v) is 4.56. The van der Waals surface area contributed by atoms with E-state index in [4.69, 9.17) is 12.2 Å². The van der Waals surface area contributed by atoms with Crippen LogP contribution in [0.1, 0.15) is 5.56 Å². The molecule has 80 valence electrons. The van der Waals surface area contributed by atoms with Gasteiger partial charge in [0, 0.05) is 7.05 Å². The van der Waals surface area contributed by atoms with Crippen LogP contribution in [0.2, 0.25) is 0 Å². The van der Waals surface area contributed by atoms with Gasteiger partial charge in [-0.3, -0.25) is 0 Å². The first-order chi connectivity index (χ1) is 6.89. The molecule has 2 nitrogen and oxygen atoms in total. The number of hydrogen-bond donors (Lipinski definition) is 1. The van der Waals surface area contributed by atoms with Gasteiger partial charge in [0.1, 0.15) is 0 Å². The van der Waals surface area contributed by atoms with Crippen LogP contribution in [0.25, 0.3) is 11.0 Å². The van der Waals surface area contributed by atoms with E-state index in [9.17, 15) is 13.2 Å². The van der Waals surface area contributed by atoms with Gasteiger partial charge < -0.3 is 9.55 Å². The number of nitrogens with one attached hydrogen (secondary N) is 1. The molecule has 1 heterocycles. The molecule has 1 aromatic heterocycles. The molecule has 0 atom stereocenters. The quantitative estimate of drug-likeness (QED) is 0.691. The first kappa shape index (κ1) is 10.2. The molecule has 0 bridgehead atoms. The Kier molecular flexibility index (Phi) is 2.11. The smallest absolute Gasteiger partial charge is 0.331 e. The lowest BCUT2D eigenvalue weighted by atomic mass is 10.2. The van der Waals surface area contributed by atoms with E-state index in [1.54, 1.807) is 11.6 Å². The summed E-state index contributed by atoms with van der Waals surface area (Å²) in [4.78, 5) is 2.72. The number of nitrogens with zero attached hydrogens (tertiary/aromatic N) is 1. The maximum atomic E-state index is 12.4. The summed E-state index contributed by atoms with van der Waals surface area (Å²) < 4.78 is 39.2. The lowest BCUT2D eigenvalue weighted by Gasteiger charge is -2.05. The van der Waals surface area contributed by atoms with Crippen LogP contribution in [0.4, 0.5) is 13.2 Å². The van der Waals surface area contributed by atoms with Crippen LogP contribution < -0.4 is 0 Å². The number of hydrogen-bond acceptors (Lipinski definition) is 1. The van der Waals surface area contributed by atoms with Crippen LogP contribution in [-0.2, 0) is 13.2 Å². The SMILES string of the molecule is Cn1c(=S)[nH]c2cc(C(F)(F)F)ccc21. The number of aromatic amines is 1. The van der Waals surface area contributed by atoms with Gasteiger partial charge in [-0.2, -0.15) is 13.2 Å². The first-order valence-electron chi connectivity index (χ1n) is 4.15. The summed E-state index contributed by atoms with van der Waals surface area (Å²) in [5.74, 6) is 0. The molecule has 0 saturated carbocycles. The van der Waals surface area contributed by atoms with Gasteiger partial charge in [0.2, 0.25) is 0 Å². The molecule has 0 radical (unpaired) electrons. The molecule has 1 aromatic carbocycles. The molecule has 0 spiro atoms.